The lowest BCUT2D eigenvalue weighted by Crippen LogP contribution is -2.08. The molecule has 1 aromatic heterocycles. The number of halogens is 3. The fraction of sp³-hybridized carbons (Fsp3) is 0.292. The van der Waals surface area contributed by atoms with Crippen molar-refractivity contribution < 1.29 is 13.7 Å². The van der Waals surface area contributed by atoms with Crippen LogP contribution in [0.1, 0.15) is 30.6 Å². The molecule has 1 heterocycles. The summed E-state index contributed by atoms with van der Waals surface area (Å²) in [5.74, 6) is 0.00342. The maximum atomic E-state index is 13.9. The van der Waals surface area contributed by atoms with Crippen molar-refractivity contribution in [1.82, 2.24) is 4.98 Å². The first-order valence-electron chi connectivity index (χ1n) is 10.2. The molecule has 2 N–H and O–H groups in total. The maximum absolute atomic E-state index is 13.9. The zero-order chi connectivity index (χ0) is 23.5. The van der Waals surface area contributed by atoms with Gasteiger partial charge in [0.25, 0.3) is 0 Å². The quantitative estimate of drug-likeness (QED) is 0.260. The standard InChI is InChI=1S/C24H26Cl2FN2O2P/c1-15(22-19(25)10-11-20(27)23(22)26)31-21-13-18(14-29-24(21)28)17-8-6-16(7-9-17)5-4-12-32(2,3)30/h6-11,13-15H,4-5,12H2,1-3H3,(H2,28,29). The summed E-state index contributed by atoms with van der Waals surface area (Å²) in [6.07, 6.45) is 3.56. The Morgan fingerprint density at radius 2 is 1.81 bits per heavy atom. The van der Waals surface area contributed by atoms with E-state index in [2.05, 4.69) is 17.1 Å². The van der Waals surface area contributed by atoms with E-state index in [1.54, 1.807) is 19.2 Å². The first-order valence-corrected chi connectivity index (χ1v) is 13.8. The topological polar surface area (TPSA) is 65.2 Å². The lowest BCUT2D eigenvalue weighted by molar-refractivity contribution is 0.227. The van der Waals surface area contributed by atoms with Gasteiger partial charge in [0, 0.05) is 28.5 Å². The van der Waals surface area contributed by atoms with Gasteiger partial charge in [0.1, 0.15) is 11.9 Å². The summed E-state index contributed by atoms with van der Waals surface area (Å²) in [5.41, 5.74) is 9.34. The largest absolute Gasteiger partial charge is 0.482 e. The molecule has 3 rings (SSSR count). The molecule has 0 saturated carbocycles. The van der Waals surface area contributed by atoms with Crippen LogP contribution >= 0.6 is 30.3 Å². The van der Waals surface area contributed by atoms with Gasteiger partial charge in [-0.3, -0.25) is 0 Å². The Morgan fingerprint density at radius 3 is 2.47 bits per heavy atom. The van der Waals surface area contributed by atoms with Crippen LogP contribution in [0.5, 0.6) is 5.75 Å². The summed E-state index contributed by atoms with van der Waals surface area (Å²) in [5, 5.41) is 0.232. The predicted molar refractivity (Wildman–Crippen MR) is 132 cm³/mol. The van der Waals surface area contributed by atoms with E-state index in [0.717, 1.165) is 30.1 Å². The maximum Gasteiger partial charge on any atom is 0.166 e. The van der Waals surface area contributed by atoms with Gasteiger partial charge in [0.2, 0.25) is 0 Å². The Balaban J connectivity index is 1.77. The summed E-state index contributed by atoms with van der Waals surface area (Å²) in [6, 6.07) is 12.6. The van der Waals surface area contributed by atoms with E-state index in [0.29, 0.717) is 16.3 Å². The molecule has 170 valence electrons. The lowest BCUT2D eigenvalue weighted by atomic mass is 10.0. The molecule has 32 heavy (non-hydrogen) atoms. The fourth-order valence-corrected chi connectivity index (χ4v) is 5.00. The number of ether oxygens (including phenoxy) is 1. The van der Waals surface area contributed by atoms with Gasteiger partial charge in [-0.2, -0.15) is 0 Å². The van der Waals surface area contributed by atoms with E-state index in [9.17, 15) is 8.96 Å². The van der Waals surface area contributed by atoms with E-state index in [-0.39, 0.29) is 10.8 Å². The summed E-state index contributed by atoms with van der Waals surface area (Å²) in [6.45, 7) is 5.36. The van der Waals surface area contributed by atoms with Crippen molar-refractivity contribution in [2.24, 2.45) is 0 Å². The Kier molecular flexibility index (Phi) is 7.87. The number of aryl methyl sites for hydroxylation is 1. The fourth-order valence-electron chi connectivity index (χ4n) is 3.40. The molecule has 0 fully saturated rings. The predicted octanol–water partition coefficient (Wildman–Crippen LogP) is 7.47. The molecule has 0 aliphatic heterocycles. The molecule has 1 atom stereocenters. The van der Waals surface area contributed by atoms with Gasteiger partial charge in [-0.05, 0) is 62.4 Å². The smallest absolute Gasteiger partial charge is 0.166 e. The van der Waals surface area contributed by atoms with Crippen LogP contribution in [0.25, 0.3) is 11.1 Å². The number of nitrogen functional groups attached to an aromatic ring is 1. The van der Waals surface area contributed by atoms with Gasteiger partial charge in [-0.1, -0.05) is 47.5 Å². The van der Waals surface area contributed by atoms with Gasteiger partial charge >= 0.3 is 0 Å². The van der Waals surface area contributed by atoms with Crippen LogP contribution in [-0.4, -0.2) is 24.5 Å². The van der Waals surface area contributed by atoms with Crippen molar-refractivity contribution in [2.45, 2.75) is 25.9 Å². The summed E-state index contributed by atoms with van der Waals surface area (Å²) in [4.78, 5) is 4.25. The number of benzene rings is 2. The van der Waals surface area contributed by atoms with Crippen LogP contribution < -0.4 is 10.5 Å². The van der Waals surface area contributed by atoms with Crippen molar-refractivity contribution in [1.29, 1.82) is 0 Å². The van der Waals surface area contributed by atoms with Crippen molar-refractivity contribution in [3.63, 3.8) is 0 Å². The normalized spacial score (nSPS) is 12.6. The van der Waals surface area contributed by atoms with Gasteiger partial charge < -0.3 is 15.0 Å². The zero-order valence-corrected chi connectivity index (χ0v) is 20.6. The highest BCUT2D eigenvalue weighted by Crippen LogP contribution is 2.38. The van der Waals surface area contributed by atoms with Crippen LogP contribution in [0.2, 0.25) is 10.0 Å². The van der Waals surface area contributed by atoms with Crippen molar-refractivity contribution in [2.75, 3.05) is 25.2 Å². The second-order valence-corrected chi connectivity index (χ2v) is 12.6. The minimum Gasteiger partial charge on any atom is -0.482 e. The Bertz CT molecular complexity index is 1150. The molecule has 1 unspecified atom stereocenters. The SMILES string of the molecule is CC(Oc1cc(-c2ccc(CCCP(C)(C)=O)cc2)cnc1N)c1c(Cl)ccc(F)c1Cl. The number of hydrogen-bond acceptors (Lipinski definition) is 4. The summed E-state index contributed by atoms with van der Waals surface area (Å²) < 4.78 is 31.7. The van der Waals surface area contributed by atoms with Gasteiger partial charge in [-0.15, -0.1) is 0 Å². The Morgan fingerprint density at radius 1 is 1.12 bits per heavy atom. The summed E-state index contributed by atoms with van der Waals surface area (Å²) in [7, 11) is -1.98. The molecule has 2 aromatic carbocycles. The second kappa shape index (κ2) is 10.2. The van der Waals surface area contributed by atoms with Gasteiger partial charge in [0.15, 0.2) is 11.6 Å². The number of nitrogens with zero attached hydrogens (tertiary/aromatic N) is 1. The molecule has 8 heteroatoms. The minimum absolute atomic E-state index is 0.0780. The number of anilines is 1. The first kappa shape index (κ1) is 24.6. The molecular formula is C24H26Cl2FN2O2P. The third-order valence-electron chi connectivity index (χ3n) is 5.12. The molecule has 0 amide bonds. The van der Waals surface area contributed by atoms with E-state index < -0.39 is 19.1 Å². The molecule has 4 nitrogen and oxygen atoms in total. The van der Waals surface area contributed by atoms with E-state index in [4.69, 9.17) is 33.7 Å². The summed E-state index contributed by atoms with van der Waals surface area (Å²) >= 11 is 12.3. The minimum atomic E-state index is -1.98. The average Bonchev–Trinajstić information content (AvgIpc) is 2.72. The molecule has 0 saturated heterocycles. The van der Waals surface area contributed by atoms with Crippen molar-refractivity contribution in [3.8, 4) is 16.9 Å². The monoisotopic (exact) mass is 494 g/mol. The number of rotatable bonds is 8. The highest BCUT2D eigenvalue weighted by molar-refractivity contribution is 7.62. The molecule has 0 bridgehead atoms. The first-order chi connectivity index (χ1) is 15.0. The number of hydrogen-bond donors (Lipinski definition) is 1. The number of nitrogens with two attached hydrogens (primary N) is 1. The molecule has 0 aliphatic carbocycles. The van der Waals surface area contributed by atoms with E-state index in [1.165, 1.54) is 17.7 Å². The van der Waals surface area contributed by atoms with Crippen LogP contribution in [-0.2, 0) is 11.0 Å². The highest BCUT2D eigenvalue weighted by atomic mass is 35.5. The molecule has 0 radical (unpaired) electrons. The van der Waals surface area contributed by atoms with Crippen LogP contribution in [0.15, 0.2) is 48.7 Å². The van der Waals surface area contributed by atoms with Crippen molar-refractivity contribution >= 4 is 36.2 Å². The van der Waals surface area contributed by atoms with Crippen molar-refractivity contribution in [3.05, 3.63) is 75.7 Å². The van der Waals surface area contributed by atoms with E-state index >= 15 is 0 Å². The number of pyridine rings is 1. The molecular weight excluding hydrogens is 469 g/mol. The molecule has 0 spiro atoms. The Hall–Kier alpha value is -2.07. The lowest BCUT2D eigenvalue weighted by Gasteiger charge is -2.19. The third kappa shape index (κ3) is 6.25. The van der Waals surface area contributed by atoms with Gasteiger partial charge in [-0.25, -0.2) is 9.37 Å². The van der Waals surface area contributed by atoms with Crippen LogP contribution in [0.4, 0.5) is 10.2 Å². The Labute approximate surface area is 198 Å². The van der Waals surface area contributed by atoms with E-state index in [1.807, 2.05) is 25.5 Å². The van der Waals surface area contributed by atoms with Crippen LogP contribution in [0, 0.1) is 5.82 Å². The second-order valence-electron chi connectivity index (χ2n) is 8.22. The average molecular weight is 495 g/mol. The number of aromatic nitrogens is 1. The van der Waals surface area contributed by atoms with Gasteiger partial charge in [0.05, 0.1) is 12.2 Å². The van der Waals surface area contributed by atoms with Crippen LogP contribution in [0.3, 0.4) is 0 Å². The molecule has 3 aromatic rings. The molecule has 0 aliphatic rings. The zero-order valence-electron chi connectivity index (χ0n) is 18.2. The third-order valence-corrected chi connectivity index (χ3v) is 7.23. The highest BCUT2D eigenvalue weighted by Gasteiger charge is 2.20.